The van der Waals surface area contributed by atoms with Crippen LogP contribution in [-0.2, 0) is 4.79 Å². The molecule has 6 nitrogen and oxygen atoms in total. The van der Waals surface area contributed by atoms with Crippen molar-refractivity contribution in [2.75, 3.05) is 5.32 Å². The van der Waals surface area contributed by atoms with Crippen LogP contribution in [0.5, 0.6) is 0 Å². The van der Waals surface area contributed by atoms with Gasteiger partial charge in [0.05, 0.1) is 6.20 Å². The molecular formula is C15H20ClN5O. The second-order valence-electron chi connectivity index (χ2n) is 6.16. The number of amides is 1. The fourth-order valence-electron chi connectivity index (χ4n) is 3.73. The van der Waals surface area contributed by atoms with Crippen LogP contribution in [0.3, 0.4) is 0 Å². The highest BCUT2D eigenvalue weighted by Crippen LogP contribution is 2.32. The van der Waals surface area contributed by atoms with Crippen molar-refractivity contribution < 1.29 is 4.79 Å². The lowest BCUT2D eigenvalue weighted by molar-refractivity contribution is -0.117. The Bertz CT molecular complexity index is 661. The van der Waals surface area contributed by atoms with Gasteiger partial charge in [-0.1, -0.05) is 0 Å². The van der Waals surface area contributed by atoms with Crippen LogP contribution in [0.4, 0.5) is 5.82 Å². The van der Waals surface area contributed by atoms with E-state index in [9.17, 15) is 4.79 Å². The first-order valence-electron chi connectivity index (χ1n) is 7.62. The van der Waals surface area contributed by atoms with E-state index >= 15 is 0 Å². The predicted octanol–water partition coefficient (Wildman–Crippen LogP) is 2.01. The summed E-state index contributed by atoms with van der Waals surface area (Å²) in [6, 6.07) is 4.85. The molecule has 22 heavy (non-hydrogen) atoms. The smallest absolute Gasteiger partial charge is 0.225 e. The Balaban J connectivity index is 0.00000144. The Morgan fingerprint density at radius 1 is 1.27 bits per heavy atom. The molecule has 2 aromatic rings. The number of anilines is 1. The van der Waals surface area contributed by atoms with Crippen molar-refractivity contribution in [2.24, 2.45) is 5.92 Å². The number of halogens is 1. The van der Waals surface area contributed by atoms with Crippen LogP contribution >= 0.6 is 12.4 Å². The molecule has 2 N–H and O–H groups in total. The van der Waals surface area contributed by atoms with Gasteiger partial charge in [0.25, 0.3) is 0 Å². The minimum atomic E-state index is 0. The molecule has 1 amide bonds. The van der Waals surface area contributed by atoms with Crippen LogP contribution < -0.4 is 10.6 Å². The van der Waals surface area contributed by atoms with Crippen LogP contribution in [0.1, 0.15) is 32.1 Å². The second kappa shape index (κ2) is 6.22. The largest absolute Gasteiger partial charge is 0.311 e. The normalized spacial score (nSPS) is 26.6. The average molecular weight is 322 g/mol. The molecular weight excluding hydrogens is 302 g/mol. The number of hydrogen-bond donors (Lipinski definition) is 2. The Morgan fingerprint density at radius 2 is 2.05 bits per heavy atom. The third kappa shape index (κ3) is 2.94. The van der Waals surface area contributed by atoms with Crippen LogP contribution in [0.2, 0.25) is 0 Å². The van der Waals surface area contributed by atoms with Gasteiger partial charge in [0.1, 0.15) is 5.82 Å². The lowest BCUT2D eigenvalue weighted by atomic mass is 9.89. The molecule has 2 fully saturated rings. The van der Waals surface area contributed by atoms with Crippen molar-refractivity contribution in [2.45, 2.75) is 44.2 Å². The number of carbonyl (C=O) groups is 1. The van der Waals surface area contributed by atoms with E-state index in [0.717, 1.165) is 18.5 Å². The monoisotopic (exact) mass is 321 g/mol. The Morgan fingerprint density at radius 3 is 2.82 bits per heavy atom. The van der Waals surface area contributed by atoms with Crippen LogP contribution in [0.25, 0.3) is 5.65 Å². The molecule has 0 spiro atoms. The highest BCUT2D eigenvalue weighted by molar-refractivity contribution is 5.90. The van der Waals surface area contributed by atoms with Crippen molar-refractivity contribution in [1.82, 2.24) is 19.9 Å². The van der Waals surface area contributed by atoms with E-state index in [1.54, 1.807) is 23.0 Å². The summed E-state index contributed by atoms with van der Waals surface area (Å²) in [4.78, 5) is 16.5. The Hall–Kier alpha value is -1.66. The summed E-state index contributed by atoms with van der Waals surface area (Å²) in [5.74, 6) is 1.26. The summed E-state index contributed by atoms with van der Waals surface area (Å²) < 4.78 is 1.66. The van der Waals surface area contributed by atoms with Crippen LogP contribution in [-0.4, -0.2) is 32.6 Å². The van der Waals surface area contributed by atoms with Crippen molar-refractivity contribution in [1.29, 1.82) is 0 Å². The van der Waals surface area contributed by atoms with Crippen molar-refractivity contribution in [3.8, 4) is 0 Å². The predicted molar refractivity (Wildman–Crippen MR) is 86.2 cm³/mol. The maximum Gasteiger partial charge on any atom is 0.225 e. The number of hydrogen-bond acceptors (Lipinski definition) is 4. The molecule has 0 aromatic carbocycles. The topological polar surface area (TPSA) is 71.3 Å². The van der Waals surface area contributed by atoms with Crippen molar-refractivity contribution in [3.63, 3.8) is 0 Å². The molecule has 0 saturated carbocycles. The fourth-order valence-corrected chi connectivity index (χ4v) is 3.73. The number of nitrogens with one attached hydrogen (secondary N) is 2. The maximum absolute atomic E-state index is 12.3. The van der Waals surface area contributed by atoms with Gasteiger partial charge >= 0.3 is 0 Å². The van der Waals surface area contributed by atoms with Crippen molar-refractivity contribution in [3.05, 3.63) is 24.5 Å². The zero-order valence-electron chi connectivity index (χ0n) is 12.2. The first-order valence-corrected chi connectivity index (χ1v) is 7.62. The van der Waals surface area contributed by atoms with Gasteiger partial charge in [-0.25, -0.2) is 4.98 Å². The number of aromatic nitrogens is 3. The number of fused-ring (bicyclic) bond motifs is 3. The van der Waals surface area contributed by atoms with Crippen molar-refractivity contribution >= 4 is 29.8 Å². The van der Waals surface area contributed by atoms with Gasteiger partial charge in [0.15, 0.2) is 5.65 Å². The lowest BCUT2D eigenvalue weighted by Crippen LogP contribution is -2.39. The molecule has 7 heteroatoms. The van der Waals surface area contributed by atoms with Gasteiger partial charge in [0, 0.05) is 30.8 Å². The quantitative estimate of drug-likeness (QED) is 0.907. The third-order valence-electron chi connectivity index (χ3n) is 4.60. The highest BCUT2D eigenvalue weighted by Gasteiger charge is 2.34. The molecule has 4 rings (SSSR count). The first kappa shape index (κ1) is 15.2. The molecule has 0 aliphatic carbocycles. The molecule has 2 unspecified atom stereocenters. The van der Waals surface area contributed by atoms with Gasteiger partial charge in [-0.05, 0) is 37.7 Å². The van der Waals surface area contributed by atoms with E-state index in [2.05, 4.69) is 20.7 Å². The minimum absolute atomic E-state index is 0. The number of piperidine rings is 1. The number of carbonyl (C=O) groups excluding carboxylic acids is 1. The van der Waals surface area contributed by atoms with Gasteiger partial charge < -0.3 is 10.6 Å². The lowest BCUT2D eigenvalue weighted by Gasteiger charge is -2.28. The third-order valence-corrected chi connectivity index (χ3v) is 4.60. The Labute approximate surface area is 135 Å². The van der Waals surface area contributed by atoms with Crippen LogP contribution in [0, 0.1) is 5.92 Å². The summed E-state index contributed by atoms with van der Waals surface area (Å²) in [5, 5.41) is 10.8. The standard InChI is InChI=1S/C15H19N5O.ClH/c21-15(9-10-7-11-1-2-12(8-10)18-11)19-14-3-5-16-13-4-6-17-20(13)14;/h3-6,10-12,18H,1-2,7-9H2,(H,19,21);1H. The molecule has 2 bridgehead atoms. The summed E-state index contributed by atoms with van der Waals surface area (Å²) in [6.07, 6.45) is 8.75. The van der Waals surface area contributed by atoms with Gasteiger partial charge in [-0.15, -0.1) is 12.4 Å². The summed E-state index contributed by atoms with van der Waals surface area (Å²) >= 11 is 0. The second-order valence-corrected chi connectivity index (χ2v) is 6.16. The highest BCUT2D eigenvalue weighted by atomic mass is 35.5. The maximum atomic E-state index is 12.3. The van der Waals surface area contributed by atoms with Gasteiger partial charge in [-0.3, -0.25) is 4.79 Å². The van der Waals surface area contributed by atoms with E-state index in [0.29, 0.717) is 30.2 Å². The van der Waals surface area contributed by atoms with Gasteiger partial charge in [-0.2, -0.15) is 9.61 Å². The molecule has 2 aliphatic heterocycles. The molecule has 2 saturated heterocycles. The molecule has 4 heterocycles. The molecule has 2 aliphatic rings. The average Bonchev–Trinajstić information content (AvgIpc) is 3.06. The Kier molecular flexibility index (Phi) is 4.31. The van der Waals surface area contributed by atoms with E-state index in [-0.39, 0.29) is 18.3 Å². The molecule has 2 aromatic heterocycles. The van der Waals surface area contributed by atoms with E-state index in [1.807, 2.05) is 6.07 Å². The number of rotatable bonds is 3. The summed E-state index contributed by atoms with van der Waals surface area (Å²) in [5.41, 5.74) is 0.743. The number of nitrogens with zero attached hydrogens (tertiary/aromatic N) is 3. The van der Waals surface area contributed by atoms with E-state index < -0.39 is 0 Å². The fraction of sp³-hybridized carbons (Fsp3) is 0.533. The van der Waals surface area contributed by atoms with Crippen LogP contribution in [0.15, 0.2) is 24.5 Å². The van der Waals surface area contributed by atoms with E-state index in [1.165, 1.54) is 12.8 Å². The molecule has 118 valence electrons. The summed E-state index contributed by atoms with van der Waals surface area (Å²) in [7, 11) is 0. The summed E-state index contributed by atoms with van der Waals surface area (Å²) in [6.45, 7) is 0. The minimum Gasteiger partial charge on any atom is -0.311 e. The zero-order valence-corrected chi connectivity index (χ0v) is 13.1. The first-order chi connectivity index (χ1) is 10.3. The molecule has 0 radical (unpaired) electrons. The zero-order chi connectivity index (χ0) is 14.2. The molecule has 2 atom stereocenters. The van der Waals surface area contributed by atoms with E-state index in [4.69, 9.17) is 0 Å². The SMILES string of the molecule is Cl.O=C(CC1CC2CCC(C1)N2)Nc1ccnc2ccnn12. The van der Waals surface area contributed by atoms with Gasteiger partial charge in [0.2, 0.25) is 5.91 Å².